The van der Waals surface area contributed by atoms with Gasteiger partial charge in [-0.15, -0.1) is 0 Å². The van der Waals surface area contributed by atoms with Crippen LogP contribution in [0.5, 0.6) is 0 Å². The summed E-state index contributed by atoms with van der Waals surface area (Å²) in [5.41, 5.74) is 1.01. The Morgan fingerprint density at radius 1 is 1.10 bits per heavy atom. The molecule has 0 unspecified atom stereocenters. The van der Waals surface area contributed by atoms with E-state index in [4.69, 9.17) is 4.74 Å². The second-order valence-corrected chi connectivity index (χ2v) is 6.36. The van der Waals surface area contributed by atoms with Crippen LogP contribution < -0.4 is 10.6 Å². The molecule has 3 aromatic rings. The number of hydrogen-bond acceptors (Lipinski definition) is 6. The van der Waals surface area contributed by atoms with Gasteiger partial charge in [0, 0.05) is 42.2 Å². The fraction of sp³-hybridized carbons (Fsp3) is 0.0952. The van der Waals surface area contributed by atoms with Crippen LogP contribution in [0, 0.1) is 15.9 Å². The molecule has 0 aliphatic rings. The first-order valence-electron chi connectivity index (χ1n) is 9.06. The van der Waals surface area contributed by atoms with Gasteiger partial charge in [0.05, 0.1) is 4.92 Å². The van der Waals surface area contributed by atoms with E-state index >= 15 is 0 Å². The van der Waals surface area contributed by atoms with Gasteiger partial charge in [-0.1, -0.05) is 18.2 Å². The summed E-state index contributed by atoms with van der Waals surface area (Å²) in [5.74, 6) is -1.35. The predicted molar refractivity (Wildman–Crippen MR) is 109 cm³/mol. The molecule has 9 nitrogen and oxygen atoms in total. The summed E-state index contributed by atoms with van der Waals surface area (Å²) in [6.45, 7) is 0.258. The number of benzene rings is 2. The zero-order valence-corrected chi connectivity index (χ0v) is 16.1. The number of alkyl carbamates (subject to hydrolysis) is 1. The predicted octanol–water partition coefficient (Wildman–Crippen LogP) is 3.81. The van der Waals surface area contributed by atoms with E-state index in [1.807, 2.05) is 0 Å². The minimum Gasteiger partial charge on any atom is -0.445 e. The second-order valence-electron chi connectivity index (χ2n) is 6.36. The first kappa shape index (κ1) is 21.4. The van der Waals surface area contributed by atoms with Crippen molar-refractivity contribution < 1.29 is 23.6 Å². The molecular formula is C21H17FN4O5. The number of pyridine rings is 1. The van der Waals surface area contributed by atoms with Gasteiger partial charge in [0.2, 0.25) is 0 Å². The van der Waals surface area contributed by atoms with Crippen molar-refractivity contribution in [2.24, 2.45) is 0 Å². The van der Waals surface area contributed by atoms with Crippen LogP contribution in [0.15, 0.2) is 67.0 Å². The van der Waals surface area contributed by atoms with Gasteiger partial charge in [-0.05, 0) is 29.8 Å². The third kappa shape index (κ3) is 6.07. The number of nitrogens with one attached hydrogen (secondary N) is 2. The Balaban J connectivity index is 1.54. The van der Waals surface area contributed by atoms with Crippen molar-refractivity contribution in [3.63, 3.8) is 0 Å². The average Bonchev–Trinajstić information content (AvgIpc) is 2.77. The molecule has 1 heterocycles. The SMILES string of the molecule is O=C(NCc1ccc(C(=O)Nc2cc(F)ccc2[N+](=O)[O-])cc1)OCc1cccnc1. The van der Waals surface area contributed by atoms with E-state index in [1.54, 1.807) is 36.7 Å². The standard InChI is InChI=1S/C21H17FN4O5/c22-17-7-8-19(26(29)30)18(10-17)25-20(27)16-5-3-14(4-6-16)12-24-21(28)31-13-15-2-1-9-23-11-15/h1-11H,12-13H2,(H,24,28)(H,25,27). The zero-order valence-electron chi connectivity index (χ0n) is 16.1. The summed E-state index contributed by atoms with van der Waals surface area (Å²) >= 11 is 0. The molecular weight excluding hydrogens is 407 g/mol. The Morgan fingerprint density at radius 2 is 1.87 bits per heavy atom. The molecule has 31 heavy (non-hydrogen) atoms. The van der Waals surface area contributed by atoms with E-state index < -0.39 is 28.4 Å². The highest BCUT2D eigenvalue weighted by Gasteiger charge is 2.17. The van der Waals surface area contributed by atoms with E-state index in [1.165, 1.54) is 12.1 Å². The lowest BCUT2D eigenvalue weighted by Gasteiger charge is -2.09. The highest BCUT2D eigenvalue weighted by Crippen LogP contribution is 2.25. The molecule has 0 radical (unpaired) electrons. The summed E-state index contributed by atoms with van der Waals surface area (Å²) in [5, 5.41) is 16.0. The molecule has 158 valence electrons. The number of hydrogen-bond donors (Lipinski definition) is 2. The van der Waals surface area contributed by atoms with Gasteiger partial charge in [0.25, 0.3) is 11.6 Å². The normalized spacial score (nSPS) is 10.2. The van der Waals surface area contributed by atoms with Crippen LogP contribution in [0.2, 0.25) is 0 Å². The molecule has 3 rings (SSSR count). The molecule has 0 fully saturated rings. The Hall–Kier alpha value is -4.34. The summed E-state index contributed by atoms with van der Waals surface area (Å²) < 4.78 is 18.5. The van der Waals surface area contributed by atoms with Crippen LogP contribution >= 0.6 is 0 Å². The lowest BCUT2D eigenvalue weighted by atomic mass is 10.1. The number of halogens is 1. The van der Waals surface area contributed by atoms with Gasteiger partial charge >= 0.3 is 6.09 Å². The number of amides is 2. The Morgan fingerprint density at radius 3 is 2.55 bits per heavy atom. The summed E-state index contributed by atoms with van der Waals surface area (Å²) in [6.07, 6.45) is 2.60. The topological polar surface area (TPSA) is 123 Å². The quantitative estimate of drug-likeness (QED) is 0.439. The van der Waals surface area contributed by atoms with Crippen molar-refractivity contribution in [3.05, 3.63) is 99.6 Å². The van der Waals surface area contributed by atoms with E-state index in [2.05, 4.69) is 15.6 Å². The average molecular weight is 424 g/mol. The molecule has 2 amide bonds. The van der Waals surface area contributed by atoms with Crippen LogP contribution in [0.4, 0.5) is 20.6 Å². The van der Waals surface area contributed by atoms with Crippen molar-refractivity contribution in [2.75, 3.05) is 5.32 Å². The number of aromatic nitrogens is 1. The monoisotopic (exact) mass is 424 g/mol. The van der Waals surface area contributed by atoms with Gasteiger partial charge in [0.1, 0.15) is 18.1 Å². The number of ether oxygens (including phenoxy) is 1. The van der Waals surface area contributed by atoms with E-state index in [0.717, 1.165) is 23.8 Å². The fourth-order valence-electron chi connectivity index (χ4n) is 2.59. The maximum Gasteiger partial charge on any atom is 0.407 e. The summed E-state index contributed by atoms with van der Waals surface area (Å²) in [6, 6.07) is 12.5. The third-order valence-corrected chi connectivity index (χ3v) is 4.15. The highest BCUT2D eigenvalue weighted by molar-refractivity contribution is 6.05. The minimum atomic E-state index is -0.711. The number of carbonyl (C=O) groups excluding carboxylic acids is 2. The van der Waals surface area contributed by atoms with E-state index in [-0.39, 0.29) is 24.4 Å². The molecule has 1 aromatic heterocycles. The van der Waals surface area contributed by atoms with Crippen molar-refractivity contribution in [1.29, 1.82) is 0 Å². The smallest absolute Gasteiger partial charge is 0.407 e. The number of carbonyl (C=O) groups is 2. The largest absolute Gasteiger partial charge is 0.445 e. The van der Waals surface area contributed by atoms with Gasteiger partial charge < -0.3 is 15.4 Å². The van der Waals surface area contributed by atoms with Crippen molar-refractivity contribution in [2.45, 2.75) is 13.2 Å². The van der Waals surface area contributed by atoms with Crippen LogP contribution in [0.3, 0.4) is 0 Å². The van der Waals surface area contributed by atoms with Crippen LogP contribution in [0.1, 0.15) is 21.5 Å². The van der Waals surface area contributed by atoms with Crippen LogP contribution in [0.25, 0.3) is 0 Å². The molecule has 2 N–H and O–H groups in total. The number of nitro benzene ring substituents is 1. The molecule has 0 aliphatic heterocycles. The fourth-order valence-corrected chi connectivity index (χ4v) is 2.59. The van der Waals surface area contributed by atoms with Gasteiger partial charge in [-0.3, -0.25) is 19.9 Å². The first-order valence-corrected chi connectivity index (χ1v) is 9.06. The van der Waals surface area contributed by atoms with Crippen molar-refractivity contribution in [3.8, 4) is 0 Å². The lowest BCUT2D eigenvalue weighted by Crippen LogP contribution is -2.23. The van der Waals surface area contributed by atoms with Crippen LogP contribution in [-0.2, 0) is 17.9 Å². The summed E-state index contributed by atoms with van der Waals surface area (Å²) in [7, 11) is 0. The third-order valence-electron chi connectivity index (χ3n) is 4.15. The Labute approximate surface area is 176 Å². The van der Waals surface area contributed by atoms with Gasteiger partial charge in [-0.25, -0.2) is 9.18 Å². The Kier molecular flexibility index (Phi) is 6.84. The maximum atomic E-state index is 13.4. The molecule has 0 spiro atoms. The number of anilines is 1. The second kappa shape index (κ2) is 9.92. The number of nitro groups is 1. The minimum absolute atomic E-state index is 0.0883. The first-order chi connectivity index (χ1) is 14.9. The molecule has 0 atom stereocenters. The van der Waals surface area contributed by atoms with Crippen LogP contribution in [-0.4, -0.2) is 21.9 Å². The summed E-state index contributed by atoms with van der Waals surface area (Å²) in [4.78, 5) is 38.4. The molecule has 10 heteroatoms. The molecule has 2 aromatic carbocycles. The van der Waals surface area contributed by atoms with Gasteiger partial charge in [0.15, 0.2) is 0 Å². The van der Waals surface area contributed by atoms with Gasteiger partial charge in [-0.2, -0.15) is 0 Å². The zero-order chi connectivity index (χ0) is 22.2. The van der Waals surface area contributed by atoms with E-state index in [9.17, 15) is 24.1 Å². The van der Waals surface area contributed by atoms with Crippen molar-refractivity contribution in [1.82, 2.24) is 10.3 Å². The highest BCUT2D eigenvalue weighted by atomic mass is 19.1. The number of nitrogens with zero attached hydrogens (tertiary/aromatic N) is 2. The van der Waals surface area contributed by atoms with Crippen molar-refractivity contribution >= 4 is 23.4 Å². The lowest BCUT2D eigenvalue weighted by molar-refractivity contribution is -0.384. The van der Waals surface area contributed by atoms with E-state index in [0.29, 0.717) is 5.56 Å². The molecule has 0 bridgehead atoms. The molecule has 0 saturated heterocycles. The molecule has 0 saturated carbocycles. The Bertz CT molecular complexity index is 1090. The number of rotatable bonds is 7. The molecule has 0 aliphatic carbocycles. The maximum absolute atomic E-state index is 13.4.